The van der Waals surface area contributed by atoms with Crippen LogP contribution in [-0.2, 0) is 6.54 Å². The van der Waals surface area contributed by atoms with E-state index in [1.54, 1.807) is 6.07 Å². The molecule has 2 heterocycles. The number of hydrogen-bond acceptors (Lipinski definition) is 4. The number of aryl methyl sites for hydroxylation is 1. The van der Waals surface area contributed by atoms with E-state index in [9.17, 15) is 0 Å². The molecule has 1 aromatic heterocycles. The van der Waals surface area contributed by atoms with Crippen LogP contribution in [0.1, 0.15) is 30.8 Å². The van der Waals surface area contributed by atoms with Gasteiger partial charge in [0.2, 0.25) is 0 Å². The fourth-order valence-corrected chi connectivity index (χ4v) is 2.83. The summed E-state index contributed by atoms with van der Waals surface area (Å²) in [4.78, 5) is 11.2. The normalized spacial score (nSPS) is 21.2. The van der Waals surface area contributed by atoms with Crippen LogP contribution in [0, 0.1) is 6.92 Å². The van der Waals surface area contributed by atoms with Crippen LogP contribution in [0.4, 0.5) is 0 Å². The molecule has 1 saturated heterocycles. The average Bonchev–Trinajstić information content (AvgIpc) is 2.30. The number of hydrogen-bond donors (Lipinski definition) is 1. The van der Waals surface area contributed by atoms with E-state index in [0.29, 0.717) is 11.2 Å². The van der Waals surface area contributed by atoms with E-state index in [1.165, 1.54) is 19.3 Å². The van der Waals surface area contributed by atoms with Gasteiger partial charge in [0.1, 0.15) is 11.0 Å². The van der Waals surface area contributed by atoms with E-state index >= 15 is 0 Å². The molecule has 0 saturated carbocycles. The van der Waals surface area contributed by atoms with Gasteiger partial charge < -0.3 is 5.32 Å². The molecule has 1 unspecified atom stereocenters. The maximum atomic E-state index is 5.98. The standard InChI is InChI=1S/C13H21ClN4/c1-10-7-12(14)17-13(16-10)9-18-6-4-3-5-11(18)8-15-2/h7,11,15H,3-6,8-9H2,1-2H3. The summed E-state index contributed by atoms with van der Waals surface area (Å²) in [5.41, 5.74) is 0.937. The van der Waals surface area contributed by atoms with E-state index in [4.69, 9.17) is 11.6 Å². The van der Waals surface area contributed by atoms with Gasteiger partial charge in [0, 0.05) is 18.3 Å². The SMILES string of the molecule is CNCC1CCCCN1Cc1nc(C)cc(Cl)n1. The molecule has 0 bridgehead atoms. The third-order valence-corrected chi connectivity index (χ3v) is 3.60. The van der Waals surface area contributed by atoms with Crippen molar-refractivity contribution in [3.8, 4) is 0 Å². The van der Waals surface area contributed by atoms with Crippen LogP contribution in [0.25, 0.3) is 0 Å². The van der Waals surface area contributed by atoms with Crippen molar-refractivity contribution in [2.75, 3.05) is 20.1 Å². The monoisotopic (exact) mass is 268 g/mol. The van der Waals surface area contributed by atoms with Crippen LogP contribution in [0.2, 0.25) is 5.15 Å². The van der Waals surface area contributed by atoms with Crippen molar-refractivity contribution in [2.24, 2.45) is 0 Å². The second-order valence-corrected chi connectivity index (χ2v) is 5.31. The molecule has 1 aromatic rings. The van der Waals surface area contributed by atoms with Gasteiger partial charge in [-0.05, 0) is 39.4 Å². The first-order valence-electron chi connectivity index (χ1n) is 6.58. The molecule has 1 atom stereocenters. The van der Waals surface area contributed by atoms with Crippen LogP contribution in [0.15, 0.2) is 6.07 Å². The van der Waals surface area contributed by atoms with Crippen molar-refractivity contribution < 1.29 is 0 Å². The lowest BCUT2D eigenvalue weighted by Gasteiger charge is -2.35. The fourth-order valence-electron chi connectivity index (χ4n) is 2.58. The molecule has 4 nitrogen and oxygen atoms in total. The first-order valence-corrected chi connectivity index (χ1v) is 6.95. The summed E-state index contributed by atoms with van der Waals surface area (Å²) in [6.45, 7) is 4.91. The van der Waals surface area contributed by atoms with Gasteiger partial charge in [-0.25, -0.2) is 9.97 Å². The van der Waals surface area contributed by atoms with E-state index in [-0.39, 0.29) is 0 Å². The minimum atomic E-state index is 0.541. The quantitative estimate of drug-likeness (QED) is 0.849. The lowest BCUT2D eigenvalue weighted by Crippen LogP contribution is -2.44. The zero-order chi connectivity index (χ0) is 13.0. The summed E-state index contributed by atoms with van der Waals surface area (Å²) in [5, 5.41) is 3.81. The van der Waals surface area contributed by atoms with Crippen molar-refractivity contribution in [1.29, 1.82) is 0 Å². The first-order chi connectivity index (χ1) is 8.69. The number of likely N-dealkylation sites (N-methyl/N-ethyl adjacent to an activating group) is 1. The zero-order valence-corrected chi connectivity index (χ0v) is 11.9. The Morgan fingerprint density at radius 3 is 3.00 bits per heavy atom. The Hall–Kier alpha value is -0.710. The molecule has 18 heavy (non-hydrogen) atoms. The Kier molecular flexibility index (Phi) is 4.92. The molecule has 2 rings (SSSR count). The number of halogens is 1. The lowest BCUT2D eigenvalue weighted by atomic mass is 10.0. The Morgan fingerprint density at radius 1 is 1.44 bits per heavy atom. The Balaban J connectivity index is 2.05. The van der Waals surface area contributed by atoms with Crippen molar-refractivity contribution in [3.05, 3.63) is 22.7 Å². The van der Waals surface area contributed by atoms with Gasteiger partial charge in [-0.1, -0.05) is 18.0 Å². The molecule has 0 spiro atoms. The van der Waals surface area contributed by atoms with Gasteiger partial charge in [-0.15, -0.1) is 0 Å². The summed E-state index contributed by atoms with van der Waals surface area (Å²) in [5.74, 6) is 0.836. The van der Waals surface area contributed by atoms with Crippen molar-refractivity contribution in [2.45, 2.75) is 38.8 Å². The van der Waals surface area contributed by atoms with Crippen molar-refractivity contribution in [3.63, 3.8) is 0 Å². The average molecular weight is 269 g/mol. The van der Waals surface area contributed by atoms with Gasteiger partial charge >= 0.3 is 0 Å². The Bertz CT molecular complexity index is 374. The van der Waals surface area contributed by atoms with E-state index in [0.717, 1.165) is 31.2 Å². The number of piperidine rings is 1. The van der Waals surface area contributed by atoms with E-state index in [1.807, 2.05) is 14.0 Å². The maximum absolute atomic E-state index is 5.98. The highest BCUT2D eigenvalue weighted by molar-refractivity contribution is 6.29. The van der Waals surface area contributed by atoms with Gasteiger partial charge in [-0.2, -0.15) is 0 Å². The highest BCUT2D eigenvalue weighted by Gasteiger charge is 2.22. The van der Waals surface area contributed by atoms with Crippen LogP contribution in [-0.4, -0.2) is 41.0 Å². The van der Waals surface area contributed by atoms with Gasteiger partial charge in [0.05, 0.1) is 6.54 Å². The van der Waals surface area contributed by atoms with Gasteiger partial charge in [0.25, 0.3) is 0 Å². The number of aromatic nitrogens is 2. The molecule has 100 valence electrons. The smallest absolute Gasteiger partial charge is 0.144 e. The molecule has 0 amide bonds. The summed E-state index contributed by atoms with van der Waals surface area (Å²) >= 11 is 5.98. The maximum Gasteiger partial charge on any atom is 0.144 e. The molecule has 0 aromatic carbocycles. The predicted octanol–water partition coefficient (Wildman–Crippen LogP) is 2.01. The third kappa shape index (κ3) is 3.64. The van der Waals surface area contributed by atoms with Gasteiger partial charge in [0.15, 0.2) is 0 Å². The second-order valence-electron chi connectivity index (χ2n) is 4.93. The largest absolute Gasteiger partial charge is 0.318 e. The highest BCUT2D eigenvalue weighted by Crippen LogP contribution is 2.18. The van der Waals surface area contributed by atoms with Crippen LogP contribution < -0.4 is 5.32 Å². The minimum Gasteiger partial charge on any atom is -0.318 e. The lowest BCUT2D eigenvalue weighted by molar-refractivity contribution is 0.136. The summed E-state index contributed by atoms with van der Waals surface area (Å²) in [6.07, 6.45) is 3.83. The minimum absolute atomic E-state index is 0.541. The van der Waals surface area contributed by atoms with E-state index < -0.39 is 0 Å². The Labute approximate surface area is 114 Å². The van der Waals surface area contributed by atoms with Crippen molar-refractivity contribution >= 4 is 11.6 Å². The molecule has 1 aliphatic rings. The first kappa shape index (κ1) is 13.7. The van der Waals surface area contributed by atoms with Crippen LogP contribution in [0.3, 0.4) is 0 Å². The third-order valence-electron chi connectivity index (χ3n) is 3.40. The number of likely N-dealkylation sites (tertiary alicyclic amines) is 1. The molecular weight excluding hydrogens is 248 g/mol. The molecule has 1 aliphatic heterocycles. The molecule has 5 heteroatoms. The zero-order valence-electron chi connectivity index (χ0n) is 11.1. The summed E-state index contributed by atoms with van der Waals surface area (Å²) in [6, 6.07) is 2.39. The van der Waals surface area contributed by atoms with E-state index in [2.05, 4.69) is 20.2 Å². The molecule has 0 radical (unpaired) electrons. The number of nitrogens with one attached hydrogen (secondary N) is 1. The summed E-state index contributed by atoms with van der Waals surface area (Å²) in [7, 11) is 2.01. The summed E-state index contributed by atoms with van der Waals surface area (Å²) < 4.78 is 0. The van der Waals surface area contributed by atoms with Gasteiger partial charge in [-0.3, -0.25) is 4.90 Å². The molecular formula is C13H21ClN4. The fraction of sp³-hybridized carbons (Fsp3) is 0.692. The predicted molar refractivity (Wildman–Crippen MR) is 73.8 cm³/mol. The van der Waals surface area contributed by atoms with Crippen molar-refractivity contribution in [1.82, 2.24) is 20.2 Å². The highest BCUT2D eigenvalue weighted by atomic mass is 35.5. The number of rotatable bonds is 4. The molecule has 1 fully saturated rings. The molecule has 0 aliphatic carbocycles. The second kappa shape index (κ2) is 6.45. The number of nitrogens with zero attached hydrogens (tertiary/aromatic N) is 3. The van der Waals surface area contributed by atoms with Crippen LogP contribution >= 0.6 is 11.6 Å². The Morgan fingerprint density at radius 2 is 2.28 bits per heavy atom. The molecule has 1 N–H and O–H groups in total. The van der Waals surface area contributed by atoms with Crippen LogP contribution in [0.5, 0.6) is 0 Å². The topological polar surface area (TPSA) is 41.0 Å².